The van der Waals surface area contributed by atoms with Gasteiger partial charge in [0.25, 0.3) is 5.91 Å². The van der Waals surface area contributed by atoms with Crippen molar-refractivity contribution in [1.82, 2.24) is 15.4 Å². The van der Waals surface area contributed by atoms with Crippen molar-refractivity contribution < 1.29 is 14.1 Å². The van der Waals surface area contributed by atoms with E-state index in [1.807, 2.05) is 18.2 Å². The van der Waals surface area contributed by atoms with E-state index in [2.05, 4.69) is 27.5 Å². The number of piperidine rings is 1. The highest BCUT2D eigenvalue weighted by atomic mass is 16.5. The van der Waals surface area contributed by atoms with Crippen LogP contribution in [0.4, 0.5) is 0 Å². The van der Waals surface area contributed by atoms with Crippen LogP contribution in [0.5, 0.6) is 0 Å². The Hall–Kier alpha value is -2.67. The zero-order chi connectivity index (χ0) is 22.8. The molecule has 7 nitrogen and oxygen atoms in total. The van der Waals surface area contributed by atoms with Gasteiger partial charge in [-0.15, -0.1) is 0 Å². The predicted octanol–water partition coefficient (Wildman–Crippen LogP) is 3.40. The van der Waals surface area contributed by atoms with Crippen LogP contribution in [0, 0.1) is 5.92 Å². The van der Waals surface area contributed by atoms with Gasteiger partial charge in [-0.1, -0.05) is 35.5 Å². The minimum Gasteiger partial charge on any atom is -0.360 e. The lowest BCUT2D eigenvalue weighted by molar-refractivity contribution is -0.140. The number of hydrogen-bond acceptors (Lipinski definition) is 5. The van der Waals surface area contributed by atoms with Crippen molar-refractivity contribution >= 4 is 11.8 Å². The summed E-state index contributed by atoms with van der Waals surface area (Å²) in [6.45, 7) is 0.663. The van der Waals surface area contributed by atoms with Gasteiger partial charge in [0, 0.05) is 42.6 Å². The maximum atomic E-state index is 13.5. The Bertz CT molecular complexity index is 963. The average molecular weight is 451 g/mol. The molecule has 3 aliphatic rings. The molecular weight excluding hydrogens is 416 g/mol. The summed E-state index contributed by atoms with van der Waals surface area (Å²) in [4.78, 5) is 28.3. The van der Waals surface area contributed by atoms with Gasteiger partial charge in [0.05, 0.1) is 0 Å². The molecular formula is C26H34N4O3. The Balaban J connectivity index is 1.26. The minimum absolute atomic E-state index is 0.0103. The van der Waals surface area contributed by atoms with E-state index in [9.17, 15) is 9.59 Å². The third-order valence-electron chi connectivity index (χ3n) is 7.51. The summed E-state index contributed by atoms with van der Waals surface area (Å²) in [5, 5.41) is 7.13. The largest absolute Gasteiger partial charge is 0.360 e. The van der Waals surface area contributed by atoms with Crippen LogP contribution in [-0.2, 0) is 11.2 Å². The van der Waals surface area contributed by atoms with Gasteiger partial charge >= 0.3 is 0 Å². The number of nitrogens with zero attached hydrogens (tertiary/aromatic N) is 2. The third kappa shape index (κ3) is 5.29. The molecule has 2 heterocycles. The first-order chi connectivity index (χ1) is 16.1. The summed E-state index contributed by atoms with van der Waals surface area (Å²) < 4.78 is 5.35. The highest BCUT2D eigenvalue weighted by Gasteiger charge is 2.37. The number of hydrogen-bond donors (Lipinski definition) is 2. The van der Waals surface area contributed by atoms with Gasteiger partial charge in [0.15, 0.2) is 5.69 Å². The van der Waals surface area contributed by atoms with E-state index < -0.39 is 0 Å². The van der Waals surface area contributed by atoms with Crippen LogP contribution in [0.2, 0.25) is 0 Å². The Kier molecular flexibility index (Phi) is 6.49. The van der Waals surface area contributed by atoms with E-state index in [1.165, 1.54) is 5.56 Å². The number of benzene rings is 1. The Labute approximate surface area is 195 Å². The number of carbonyl (C=O) groups is 2. The molecule has 2 aliphatic carbocycles. The van der Waals surface area contributed by atoms with Crippen LogP contribution in [0.25, 0.3) is 0 Å². The molecule has 3 N–H and O–H groups in total. The number of nitrogens with one attached hydrogen (secondary N) is 1. The molecule has 1 aromatic carbocycles. The fourth-order valence-electron chi connectivity index (χ4n) is 5.37. The van der Waals surface area contributed by atoms with Crippen molar-refractivity contribution in [3.05, 3.63) is 53.4 Å². The molecule has 0 unspecified atom stereocenters. The van der Waals surface area contributed by atoms with Gasteiger partial charge in [0.1, 0.15) is 5.76 Å². The molecule has 2 atom stereocenters. The van der Waals surface area contributed by atoms with Gasteiger partial charge in [-0.2, -0.15) is 0 Å². The molecule has 0 bridgehead atoms. The molecule has 2 aromatic rings. The second kappa shape index (κ2) is 9.67. The maximum absolute atomic E-state index is 13.5. The first-order valence-corrected chi connectivity index (χ1v) is 12.4. The zero-order valence-corrected chi connectivity index (χ0v) is 19.1. The molecule has 5 rings (SSSR count). The number of aromatic nitrogens is 1. The fraction of sp³-hybridized carbons (Fsp3) is 0.577. The smallest absolute Gasteiger partial charge is 0.273 e. The molecule has 1 aromatic heterocycles. The fourth-order valence-corrected chi connectivity index (χ4v) is 5.37. The van der Waals surface area contributed by atoms with Gasteiger partial charge < -0.3 is 20.5 Å². The van der Waals surface area contributed by atoms with Gasteiger partial charge in [-0.3, -0.25) is 9.59 Å². The van der Waals surface area contributed by atoms with E-state index >= 15 is 0 Å². The van der Waals surface area contributed by atoms with Crippen LogP contribution >= 0.6 is 0 Å². The number of amides is 2. The lowest BCUT2D eigenvalue weighted by Gasteiger charge is -2.42. The van der Waals surface area contributed by atoms with E-state index in [4.69, 9.17) is 10.3 Å². The topological polar surface area (TPSA) is 101 Å². The summed E-state index contributed by atoms with van der Waals surface area (Å²) in [7, 11) is 0. The summed E-state index contributed by atoms with van der Waals surface area (Å²) in [6, 6.07) is 12.4. The first kappa shape index (κ1) is 22.1. The van der Waals surface area contributed by atoms with Crippen LogP contribution in [0.15, 0.2) is 40.9 Å². The second-order valence-electron chi connectivity index (χ2n) is 10.1. The molecule has 3 fully saturated rings. The Morgan fingerprint density at radius 2 is 1.82 bits per heavy atom. The number of likely N-dealkylation sites (tertiary alicyclic amines) is 1. The van der Waals surface area contributed by atoms with E-state index in [0.29, 0.717) is 18.2 Å². The normalized spacial score (nSPS) is 27.8. The molecule has 33 heavy (non-hydrogen) atoms. The quantitative estimate of drug-likeness (QED) is 0.702. The predicted molar refractivity (Wildman–Crippen MR) is 125 cm³/mol. The zero-order valence-electron chi connectivity index (χ0n) is 19.1. The molecule has 0 radical (unpaired) electrons. The molecule has 2 saturated carbocycles. The second-order valence-corrected chi connectivity index (χ2v) is 10.1. The molecule has 7 heteroatoms. The lowest BCUT2D eigenvalue weighted by atomic mass is 9.84. The molecule has 0 spiro atoms. The van der Waals surface area contributed by atoms with Crippen LogP contribution in [0.3, 0.4) is 0 Å². The van der Waals surface area contributed by atoms with Gasteiger partial charge in [-0.25, -0.2) is 0 Å². The summed E-state index contributed by atoms with van der Waals surface area (Å²) in [5.41, 5.74) is 7.63. The van der Waals surface area contributed by atoms with Crippen LogP contribution < -0.4 is 11.1 Å². The standard InChI is InChI=1S/C26H34N4O3/c27-20-10-8-19(9-11-20)26(32)30-13-12-21(15-22(30)14-17-4-2-1-3-5-17)28-25(31)23-16-24(33-29-23)18-6-7-18/h1-5,16,18-22H,6-15,27H2,(H,28,31)/t19-,20-,21-,22-/m1/s1. The van der Waals surface area contributed by atoms with Crippen molar-refractivity contribution in [2.24, 2.45) is 11.7 Å². The highest BCUT2D eigenvalue weighted by molar-refractivity contribution is 5.92. The number of rotatable bonds is 6. The summed E-state index contributed by atoms with van der Waals surface area (Å²) >= 11 is 0. The van der Waals surface area contributed by atoms with Crippen molar-refractivity contribution in [2.75, 3.05) is 6.54 Å². The minimum atomic E-state index is -0.185. The van der Waals surface area contributed by atoms with Crippen molar-refractivity contribution in [3.8, 4) is 0 Å². The third-order valence-corrected chi connectivity index (χ3v) is 7.51. The average Bonchev–Trinajstić information content (AvgIpc) is 3.56. The van der Waals surface area contributed by atoms with Crippen LogP contribution in [-0.4, -0.2) is 46.5 Å². The van der Waals surface area contributed by atoms with E-state index in [1.54, 1.807) is 6.07 Å². The SMILES string of the molecule is N[C@H]1CC[C@H](C(=O)N2CC[C@@H](NC(=O)c3cc(C4CC4)on3)C[C@H]2Cc2ccccc2)CC1. The number of nitrogens with two attached hydrogens (primary N) is 1. The van der Waals surface area contributed by atoms with E-state index in [0.717, 1.165) is 63.5 Å². The molecule has 1 aliphatic heterocycles. The Morgan fingerprint density at radius 3 is 2.55 bits per heavy atom. The van der Waals surface area contributed by atoms with Crippen molar-refractivity contribution in [3.63, 3.8) is 0 Å². The summed E-state index contributed by atoms with van der Waals surface area (Å²) in [6.07, 6.45) is 8.11. The lowest BCUT2D eigenvalue weighted by Crippen LogP contribution is -2.54. The highest BCUT2D eigenvalue weighted by Crippen LogP contribution is 2.40. The van der Waals surface area contributed by atoms with Crippen LogP contribution in [0.1, 0.15) is 79.1 Å². The van der Waals surface area contributed by atoms with Gasteiger partial charge in [0.2, 0.25) is 5.91 Å². The summed E-state index contributed by atoms with van der Waals surface area (Å²) in [5.74, 6) is 1.39. The molecule has 1 saturated heterocycles. The monoisotopic (exact) mass is 450 g/mol. The number of carbonyl (C=O) groups excluding carboxylic acids is 2. The molecule has 176 valence electrons. The Morgan fingerprint density at radius 1 is 1.06 bits per heavy atom. The molecule has 2 amide bonds. The van der Waals surface area contributed by atoms with E-state index in [-0.39, 0.29) is 35.9 Å². The maximum Gasteiger partial charge on any atom is 0.273 e. The first-order valence-electron chi connectivity index (χ1n) is 12.4. The van der Waals surface area contributed by atoms with Crippen molar-refractivity contribution in [1.29, 1.82) is 0 Å². The van der Waals surface area contributed by atoms with Crippen molar-refractivity contribution in [2.45, 2.75) is 81.8 Å². The van der Waals surface area contributed by atoms with Gasteiger partial charge in [-0.05, 0) is 63.4 Å².